The van der Waals surface area contributed by atoms with Gasteiger partial charge in [-0.15, -0.1) is 0 Å². The van der Waals surface area contributed by atoms with Crippen molar-refractivity contribution in [2.75, 3.05) is 7.11 Å². The number of ether oxygens (including phenoxy) is 1. The van der Waals surface area contributed by atoms with Gasteiger partial charge in [-0.1, -0.05) is 28.9 Å². The Morgan fingerprint density at radius 3 is 2.56 bits per heavy atom. The van der Waals surface area contributed by atoms with Crippen molar-refractivity contribution < 1.29 is 9.53 Å². The minimum absolute atomic E-state index is 0.0930. The van der Waals surface area contributed by atoms with Gasteiger partial charge in [0, 0.05) is 15.9 Å². The van der Waals surface area contributed by atoms with E-state index in [0.717, 1.165) is 11.3 Å². The largest absolute Gasteiger partial charge is 0.496 e. The molecule has 3 nitrogen and oxygen atoms in total. The van der Waals surface area contributed by atoms with Gasteiger partial charge in [0.25, 0.3) is 5.91 Å². The second-order valence-corrected chi connectivity index (χ2v) is 6.35. The number of carbonyl (C=O) groups excluding carboxylic acids is 1. The topological polar surface area (TPSA) is 38.3 Å². The Hall–Kier alpha value is -1.03. The molecule has 0 saturated heterocycles. The molecule has 0 spiro atoms. The van der Waals surface area contributed by atoms with Gasteiger partial charge in [0.1, 0.15) is 5.75 Å². The lowest BCUT2D eigenvalue weighted by molar-refractivity contribution is 0.0913. The second-order valence-electron chi connectivity index (χ2n) is 4.98. The number of alkyl halides is 1. The Bertz CT molecular complexity index is 441. The molecule has 4 heteroatoms. The van der Waals surface area contributed by atoms with Crippen LogP contribution in [0.4, 0.5) is 0 Å². The van der Waals surface area contributed by atoms with Crippen molar-refractivity contribution in [1.29, 1.82) is 0 Å². The highest BCUT2D eigenvalue weighted by atomic mass is 79.9. The third-order valence-electron chi connectivity index (χ3n) is 3.10. The van der Waals surface area contributed by atoms with E-state index in [2.05, 4.69) is 21.2 Å². The van der Waals surface area contributed by atoms with Crippen LogP contribution in [-0.2, 0) is 0 Å². The number of halogens is 1. The highest BCUT2D eigenvalue weighted by Gasteiger charge is 2.26. The van der Waals surface area contributed by atoms with Crippen LogP contribution >= 0.6 is 15.9 Å². The summed E-state index contributed by atoms with van der Waals surface area (Å²) < 4.78 is 5.22. The molecular weight excluding hydrogens is 294 g/mol. The lowest BCUT2D eigenvalue weighted by Gasteiger charge is -2.29. The normalized spacial score (nSPS) is 13.0. The van der Waals surface area contributed by atoms with Crippen LogP contribution in [0.2, 0.25) is 0 Å². The molecule has 1 unspecified atom stereocenters. The van der Waals surface area contributed by atoms with Crippen molar-refractivity contribution in [3.8, 4) is 5.75 Å². The van der Waals surface area contributed by atoms with Gasteiger partial charge in [-0.05, 0) is 38.5 Å². The molecule has 0 aliphatic heterocycles. The lowest BCUT2D eigenvalue weighted by atomic mass is 10.0. The van der Waals surface area contributed by atoms with Crippen molar-refractivity contribution in [2.45, 2.75) is 38.1 Å². The van der Waals surface area contributed by atoms with Crippen molar-refractivity contribution in [2.24, 2.45) is 0 Å². The van der Waals surface area contributed by atoms with Crippen molar-refractivity contribution in [1.82, 2.24) is 5.32 Å². The first-order chi connectivity index (χ1) is 8.27. The van der Waals surface area contributed by atoms with E-state index in [1.807, 2.05) is 39.8 Å². The van der Waals surface area contributed by atoms with Crippen LogP contribution in [0.15, 0.2) is 18.2 Å². The molecule has 0 aromatic heterocycles. The van der Waals surface area contributed by atoms with Crippen molar-refractivity contribution >= 4 is 21.8 Å². The maximum absolute atomic E-state index is 12.2. The first-order valence-electron chi connectivity index (χ1n) is 5.89. The summed E-state index contributed by atoms with van der Waals surface area (Å²) >= 11 is 3.50. The van der Waals surface area contributed by atoms with Gasteiger partial charge >= 0.3 is 0 Å². The summed E-state index contributed by atoms with van der Waals surface area (Å²) in [5.74, 6) is 0.636. The number of hydrogen-bond donors (Lipinski definition) is 1. The van der Waals surface area contributed by atoms with E-state index in [-0.39, 0.29) is 16.3 Å². The minimum atomic E-state index is -0.310. The van der Waals surface area contributed by atoms with Crippen molar-refractivity contribution in [3.05, 3.63) is 29.3 Å². The molecule has 1 atom stereocenters. The minimum Gasteiger partial charge on any atom is -0.496 e. The van der Waals surface area contributed by atoms with Gasteiger partial charge in [-0.25, -0.2) is 0 Å². The fraction of sp³-hybridized carbons (Fsp3) is 0.500. The van der Waals surface area contributed by atoms with Crippen LogP contribution in [0, 0.1) is 6.92 Å². The average molecular weight is 314 g/mol. The molecule has 100 valence electrons. The molecule has 18 heavy (non-hydrogen) atoms. The molecule has 0 aliphatic carbocycles. The Balaban J connectivity index is 2.92. The zero-order valence-electron chi connectivity index (χ0n) is 11.5. The SMILES string of the molecule is COc1cc(C(=O)NC(C)(C)C(C)Br)ccc1C. The van der Waals surface area contributed by atoms with E-state index >= 15 is 0 Å². The Morgan fingerprint density at radius 2 is 2.06 bits per heavy atom. The fourth-order valence-corrected chi connectivity index (χ4v) is 1.54. The molecule has 1 rings (SSSR count). The van der Waals surface area contributed by atoms with E-state index < -0.39 is 0 Å². The zero-order chi connectivity index (χ0) is 13.9. The number of aryl methyl sites for hydroxylation is 1. The van der Waals surface area contributed by atoms with Crippen LogP contribution < -0.4 is 10.1 Å². The second kappa shape index (κ2) is 5.74. The van der Waals surface area contributed by atoms with Gasteiger partial charge in [-0.3, -0.25) is 4.79 Å². The summed E-state index contributed by atoms with van der Waals surface area (Å²) in [5, 5.41) is 3.00. The first-order valence-corrected chi connectivity index (χ1v) is 6.80. The quantitative estimate of drug-likeness (QED) is 0.866. The van der Waals surface area contributed by atoms with Crippen LogP contribution in [0.25, 0.3) is 0 Å². The molecular formula is C14H20BrNO2. The summed E-state index contributed by atoms with van der Waals surface area (Å²) in [6.07, 6.45) is 0. The Morgan fingerprint density at radius 1 is 1.44 bits per heavy atom. The third-order valence-corrected chi connectivity index (χ3v) is 4.25. The predicted molar refractivity (Wildman–Crippen MR) is 77.7 cm³/mol. The number of rotatable bonds is 4. The van der Waals surface area contributed by atoms with Crippen LogP contribution in [0.5, 0.6) is 5.75 Å². The van der Waals surface area contributed by atoms with Crippen LogP contribution in [0.1, 0.15) is 36.7 Å². The smallest absolute Gasteiger partial charge is 0.251 e. The monoisotopic (exact) mass is 313 g/mol. The molecule has 0 aliphatic rings. The van der Waals surface area contributed by atoms with E-state index in [1.54, 1.807) is 13.2 Å². The van der Waals surface area contributed by atoms with Crippen LogP contribution in [0.3, 0.4) is 0 Å². The van der Waals surface area contributed by atoms with Gasteiger partial charge in [0.05, 0.1) is 7.11 Å². The summed E-state index contributed by atoms with van der Waals surface area (Å²) in [7, 11) is 1.61. The first kappa shape index (κ1) is 15.0. The summed E-state index contributed by atoms with van der Waals surface area (Å²) in [6, 6.07) is 5.46. The average Bonchev–Trinajstić information content (AvgIpc) is 2.28. The zero-order valence-corrected chi connectivity index (χ0v) is 13.1. The van der Waals surface area contributed by atoms with Gasteiger partial charge in [0.2, 0.25) is 0 Å². The van der Waals surface area contributed by atoms with E-state index in [0.29, 0.717) is 5.56 Å². The van der Waals surface area contributed by atoms with E-state index in [4.69, 9.17) is 4.74 Å². The molecule has 0 fully saturated rings. The number of hydrogen-bond acceptors (Lipinski definition) is 2. The maximum atomic E-state index is 12.2. The van der Waals surface area contributed by atoms with Crippen LogP contribution in [-0.4, -0.2) is 23.4 Å². The lowest BCUT2D eigenvalue weighted by Crippen LogP contribution is -2.48. The summed E-state index contributed by atoms with van der Waals surface area (Å²) in [4.78, 5) is 12.3. The molecule has 1 aromatic rings. The summed E-state index contributed by atoms with van der Waals surface area (Å²) in [6.45, 7) is 7.92. The number of carbonyl (C=O) groups is 1. The highest BCUT2D eigenvalue weighted by molar-refractivity contribution is 9.09. The standard InChI is InChI=1S/C14H20BrNO2/c1-9-6-7-11(8-12(9)18-5)13(17)16-14(3,4)10(2)15/h6-8,10H,1-5H3,(H,16,17). The van der Waals surface area contributed by atoms with Gasteiger partial charge in [-0.2, -0.15) is 0 Å². The Labute approximate surface area is 117 Å². The highest BCUT2D eigenvalue weighted by Crippen LogP contribution is 2.21. The predicted octanol–water partition coefficient (Wildman–Crippen LogP) is 3.30. The van der Waals surface area contributed by atoms with E-state index in [1.165, 1.54) is 0 Å². The maximum Gasteiger partial charge on any atom is 0.251 e. The number of amides is 1. The molecule has 0 radical (unpaired) electrons. The van der Waals surface area contributed by atoms with Gasteiger partial charge < -0.3 is 10.1 Å². The molecule has 1 N–H and O–H groups in total. The molecule has 1 aromatic carbocycles. The number of nitrogens with one attached hydrogen (secondary N) is 1. The summed E-state index contributed by atoms with van der Waals surface area (Å²) in [5.41, 5.74) is 1.32. The van der Waals surface area contributed by atoms with E-state index in [9.17, 15) is 4.79 Å². The Kier molecular flexibility index (Phi) is 4.79. The fourth-order valence-electron chi connectivity index (χ4n) is 1.43. The molecule has 1 amide bonds. The number of methoxy groups -OCH3 is 1. The third kappa shape index (κ3) is 3.48. The number of benzene rings is 1. The molecule has 0 heterocycles. The molecule has 0 saturated carbocycles. The molecule has 0 bridgehead atoms. The van der Waals surface area contributed by atoms with Gasteiger partial charge in [0.15, 0.2) is 0 Å². The van der Waals surface area contributed by atoms with Crippen molar-refractivity contribution in [3.63, 3.8) is 0 Å².